The van der Waals surface area contributed by atoms with Crippen molar-refractivity contribution in [2.45, 2.75) is 24.5 Å². The lowest BCUT2D eigenvalue weighted by atomic mass is 10.1. The molecule has 0 radical (unpaired) electrons. The molecule has 0 saturated heterocycles. The molecule has 0 aliphatic carbocycles. The summed E-state index contributed by atoms with van der Waals surface area (Å²) in [5, 5.41) is 13.6. The van der Waals surface area contributed by atoms with E-state index in [2.05, 4.69) is 10.3 Å². The van der Waals surface area contributed by atoms with Gasteiger partial charge in [0.25, 0.3) is 0 Å². The average molecular weight is 229 g/mol. The number of aromatic nitrogens is 2. The van der Waals surface area contributed by atoms with E-state index in [0.717, 1.165) is 17.5 Å². The summed E-state index contributed by atoms with van der Waals surface area (Å²) in [6.45, 7) is 5.06. The van der Waals surface area contributed by atoms with Gasteiger partial charge in [0, 0.05) is 30.7 Å². The van der Waals surface area contributed by atoms with E-state index in [-0.39, 0.29) is 12.1 Å². The van der Waals surface area contributed by atoms with Gasteiger partial charge in [-0.1, -0.05) is 18.7 Å². The zero-order chi connectivity index (χ0) is 11.3. The first-order valence-corrected chi connectivity index (χ1v) is 6.06. The highest BCUT2D eigenvalue weighted by Crippen LogP contribution is 2.20. The van der Waals surface area contributed by atoms with Crippen molar-refractivity contribution in [1.82, 2.24) is 14.9 Å². The Morgan fingerprint density at radius 1 is 1.67 bits per heavy atom. The second-order valence-corrected chi connectivity index (χ2v) is 4.80. The van der Waals surface area contributed by atoms with Gasteiger partial charge in [-0.25, -0.2) is 4.98 Å². The average Bonchev–Trinajstić information content (AvgIpc) is 2.62. The van der Waals surface area contributed by atoms with Gasteiger partial charge >= 0.3 is 0 Å². The van der Waals surface area contributed by atoms with Gasteiger partial charge in [0.15, 0.2) is 5.16 Å². The molecule has 0 aromatic carbocycles. The normalized spacial score (nSPS) is 15.2. The number of hydrogen-bond donors (Lipinski definition) is 2. The maximum atomic E-state index is 9.31. The number of likely N-dealkylation sites (N-methyl/N-ethyl adjacent to an activating group) is 1. The molecule has 0 aliphatic rings. The van der Waals surface area contributed by atoms with E-state index in [1.807, 2.05) is 31.7 Å². The minimum Gasteiger partial charge on any atom is -0.394 e. The second-order valence-electron chi connectivity index (χ2n) is 3.86. The first-order valence-electron chi connectivity index (χ1n) is 5.07. The molecule has 1 heterocycles. The summed E-state index contributed by atoms with van der Waals surface area (Å²) in [7, 11) is 1.97. The number of imidazole rings is 1. The lowest BCUT2D eigenvalue weighted by Crippen LogP contribution is -2.47. The zero-order valence-electron chi connectivity index (χ0n) is 9.53. The van der Waals surface area contributed by atoms with E-state index in [9.17, 15) is 5.11 Å². The maximum absolute atomic E-state index is 9.31. The molecule has 0 aliphatic heterocycles. The van der Waals surface area contributed by atoms with Gasteiger partial charge in [-0.3, -0.25) is 0 Å². The van der Waals surface area contributed by atoms with E-state index in [0.29, 0.717) is 0 Å². The van der Waals surface area contributed by atoms with Gasteiger partial charge in [-0.05, 0) is 13.5 Å². The molecule has 0 saturated carbocycles. The summed E-state index contributed by atoms with van der Waals surface area (Å²) < 4.78 is 1.98. The van der Waals surface area contributed by atoms with E-state index in [1.165, 1.54) is 0 Å². The molecule has 0 amide bonds. The standard InChI is InChI=1S/C10H19N3OS/c1-4-12-10(2,7-14)8-15-9-11-5-6-13(9)3/h5-6,12,14H,4,7-8H2,1-3H3. The van der Waals surface area contributed by atoms with E-state index in [4.69, 9.17) is 0 Å². The summed E-state index contributed by atoms with van der Waals surface area (Å²) in [4.78, 5) is 4.23. The molecule has 4 nitrogen and oxygen atoms in total. The molecule has 0 fully saturated rings. The molecular formula is C10H19N3OS. The number of rotatable bonds is 6. The number of aryl methyl sites for hydroxylation is 1. The molecule has 1 rings (SSSR count). The summed E-state index contributed by atoms with van der Waals surface area (Å²) in [6.07, 6.45) is 3.71. The van der Waals surface area contributed by atoms with E-state index in [1.54, 1.807) is 18.0 Å². The quantitative estimate of drug-likeness (QED) is 0.711. The van der Waals surface area contributed by atoms with Crippen LogP contribution >= 0.6 is 11.8 Å². The van der Waals surface area contributed by atoms with Crippen LogP contribution in [-0.4, -0.2) is 39.1 Å². The number of nitrogens with one attached hydrogen (secondary N) is 1. The van der Waals surface area contributed by atoms with Gasteiger partial charge in [0.05, 0.1) is 6.61 Å². The highest BCUT2D eigenvalue weighted by atomic mass is 32.2. The van der Waals surface area contributed by atoms with Crippen molar-refractivity contribution in [3.05, 3.63) is 12.4 Å². The Hall–Kier alpha value is -0.520. The van der Waals surface area contributed by atoms with Crippen molar-refractivity contribution in [3.63, 3.8) is 0 Å². The molecular weight excluding hydrogens is 210 g/mol. The predicted molar refractivity (Wildman–Crippen MR) is 63.1 cm³/mol. The molecule has 0 spiro atoms. The van der Waals surface area contributed by atoms with Crippen LogP contribution in [0.5, 0.6) is 0 Å². The van der Waals surface area contributed by atoms with Crippen LogP contribution in [0.25, 0.3) is 0 Å². The third kappa shape index (κ3) is 3.52. The highest BCUT2D eigenvalue weighted by Gasteiger charge is 2.22. The first kappa shape index (κ1) is 12.5. The van der Waals surface area contributed by atoms with Crippen LogP contribution in [0.2, 0.25) is 0 Å². The summed E-state index contributed by atoms with van der Waals surface area (Å²) in [5.41, 5.74) is -0.231. The van der Waals surface area contributed by atoms with Crippen molar-refractivity contribution >= 4 is 11.8 Å². The van der Waals surface area contributed by atoms with Gasteiger partial charge < -0.3 is 15.0 Å². The molecule has 1 atom stereocenters. The third-order valence-electron chi connectivity index (χ3n) is 2.25. The maximum Gasteiger partial charge on any atom is 0.167 e. The second kappa shape index (κ2) is 5.53. The monoisotopic (exact) mass is 229 g/mol. The Kier molecular flexibility index (Phi) is 4.63. The SMILES string of the molecule is CCNC(C)(CO)CSc1nccn1C. The first-order chi connectivity index (χ1) is 7.11. The zero-order valence-corrected chi connectivity index (χ0v) is 10.3. The van der Waals surface area contributed by atoms with Gasteiger partial charge in [0.1, 0.15) is 0 Å². The number of hydrogen-bond acceptors (Lipinski definition) is 4. The Morgan fingerprint density at radius 3 is 2.87 bits per heavy atom. The summed E-state index contributed by atoms with van der Waals surface area (Å²) in [6, 6.07) is 0. The van der Waals surface area contributed by atoms with E-state index >= 15 is 0 Å². The minimum atomic E-state index is -0.231. The molecule has 86 valence electrons. The fourth-order valence-electron chi connectivity index (χ4n) is 1.29. The van der Waals surface area contributed by atoms with Crippen molar-refractivity contribution in [2.75, 3.05) is 18.9 Å². The Bertz CT molecular complexity index is 303. The van der Waals surface area contributed by atoms with Gasteiger partial charge in [-0.2, -0.15) is 0 Å². The topological polar surface area (TPSA) is 50.1 Å². The molecule has 1 aromatic heterocycles. The Morgan fingerprint density at radius 2 is 2.40 bits per heavy atom. The molecule has 1 unspecified atom stereocenters. The summed E-state index contributed by atoms with van der Waals surface area (Å²) >= 11 is 1.65. The third-order valence-corrected chi connectivity index (χ3v) is 3.68. The number of nitrogens with zero attached hydrogens (tertiary/aromatic N) is 2. The largest absolute Gasteiger partial charge is 0.394 e. The van der Waals surface area contributed by atoms with Crippen molar-refractivity contribution < 1.29 is 5.11 Å². The Balaban J connectivity index is 2.51. The fourth-order valence-corrected chi connectivity index (χ4v) is 2.34. The Labute approximate surface area is 95.1 Å². The van der Waals surface area contributed by atoms with Crippen LogP contribution in [0.15, 0.2) is 17.6 Å². The van der Waals surface area contributed by atoms with Crippen LogP contribution in [0, 0.1) is 0 Å². The van der Waals surface area contributed by atoms with E-state index < -0.39 is 0 Å². The lowest BCUT2D eigenvalue weighted by Gasteiger charge is -2.27. The van der Waals surface area contributed by atoms with Crippen molar-refractivity contribution in [2.24, 2.45) is 7.05 Å². The highest BCUT2D eigenvalue weighted by molar-refractivity contribution is 7.99. The molecule has 1 aromatic rings. The molecule has 15 heavy (non-hydrogen) atoms. The number of aliphatic hydroxyl groups is 1. The van der Waals surface area contributed by atoms with Crippen molar-refractivity contribution in [3.8, 4) is 0 Å². The van der Waals surface area contributed by atoms with Crippen LogP contribution in [0.1, 0.15) is 13.8 Å². The van der Waals surface area contributed by atoms with Crippen LogP contribution in [-0.2, 0) is 7.05 Å². The number of thioether (sulfide) groups is 1. The molecule has 0 bridgehead atoms. The number of aliphatic hydroxyl groups excluding tert-OH is 1. The molecule has 5 heteroatoms. The predicted octanol–water partition coefficient (Wildman–Crippen LogP) is 0.873. The molecule has 2 N–H and O–H groups in total. The minimum absolute atomic E-state index is 0.137. The van der Waals surface area contributed by atoms with Gasteiger partial charge in [0.2, 0.25) is 0 Å². The lowest BCUT2D eigenvalue weighted by molar-refractivity contribution is 0.194. The fraction of sp³-hybridized carbons (Fsp3) is 0.700. The van der Waals surface area contributed by atoms with Crippen LogP contribution < -0.4 is 5.32 Å². The van der Waals surface area contributed by atoms with Gasteiger partial charge in [-0.15, -0.1) is 0 Å². The smallest absolute Gasteiger partial charge is 0.167 e. The van der Waals surface area contributed by atoms with Crippen molar-refractivity contribution in [1.29, 1.82) is 0 Å². The van der Waals surface area contributed by atoms with Crippen LogP contribution in [0.4, 0.5) is 0 Å². The van der Waals surface area contributed by atoms with Crippen LogP contribution in [0.3, 0.4) is 0 Å². The summed E-state index contributed by atoms with van der Waals surface area (Å²) in [5.74, 6) is 0.808.